The molecular formula is C11H17N5O4S. The minimum atomic E-state index is -3.78. The number of anilines is 1. The number of rotatable bonds is 5. The summed E-state index contributed by atoms with van der Waals surface area (Å²) in [6.07, 6.45) is 2.94. The van der Waals surface area contributed by atoms with Gasteiger partial charge in [-0.3, -0.25) is 16.0 Å². The van der Waals surface area contributed by atoms with E-state index in [4.69, 9.17) is 5.84 Å². The highest BCUT2D eigenvalue weighted by Crippen LogP contribution is 2.26. The van der Waals surface area contributed by atoms with Gasteiger partial charge >= 0.3 is 0 Å². The summed E-state index contributed by atoms with van der Waals surface area (Å²) in [5, 5.41) is 12.4. The van der Waals surface area contributed by atoms with Crippen molar-refractivity contribution in [3.8, 4) is 0 Å². The van der Waals surface area contributed by atoms with E-state index in [1.807, 2.05) is 0 Å². The van der Waals surface area contributed by atoms with Crippen molar-refractivity contribution in [2.45, 2.75) is 24.2 Å². The van der Waals surface area contributed by atoms with E-state index in [2.05, 4.69) is 10.3 Å². The van der Waals surface area contributed by atoms with Gasteiger partial charge in [0.1, 0.15) is 5.69 Å². The van der Waals surface area contributed by atoms with Crippen molar-refractivity contribution >= 4 is 21.4 Å². The highest BCUT2D eigenvalue weighted by Gasteiger charge is 2.23. The molecule has 0 atom stereocenters. The SMILES string of the molecule is NNc1cc(S(=O)(=O)NN2CCCCC2)ccc1[N+](=O)[O-]. The molecule has 1 aliphatic rings. The minimum Gasteiger partial charge on any atom is -0.318 e. The molecule has 0 bridgehead atoms. The molecule has 9 nitrogen and oxygen atoms in total. The van der Waals surface area contributed by atoms with Gasteiger partial charge in [-0.1, -0.05) is 6.42 Å². The molecule has 1 aromatic carbocycles. The molecule has 2 rings (SSSR count). The van der Waals surface area contributed by atoms with Crippen LogP contribution < -0.4 is 16.1 Å². The highest BCUT2D eigenvalue weighted by atomic mass is 32.2. The van der Waals surface area contributed by atoms with Gasteiger partial charge < -0.3 is 5.43 Å². The lowest BCUT2D eigenvalue weighted by Crippen LogP contribution is -2.44. The fourth-order valence-electron chi connectivity index (χ4n) is 2.16. The molecule has 1 aliphatic heterocycles. The maximum Gasteiger partial charge on any atom is 0.293 e. The van der Waals surface area contributed by atoms with E-state index in [-0.39, 0.29) is 16.3 Å². The van der Waals surface area contributed by atoms with Crippen LogP contribution in [0, 0.1) is 10.1 Å². The molecule has 0 radical (unpaired) electrons. The third-order valence-corrected chi connectivity index (χ3v) is 4.61. The second-order valence-electron chi connectivity index (χ2n) is 4.72. The van der Waals surface area contributed by atoms with E-state index < -0.39 is 14.9 Å². The summed E-state index contributed by atoms with van der Waals surface area (Å²) in [7, 11) is -3.78. The van der Waals surface area contributed by atoms with Crippen LogP contribution in [-0.2, 0) is 10.0 Å². The van der Waals surface area contributed by atoms with Gasteiger partial charge in [0.25, 0.3) is 15.7 Å². The van der Waals surface area contributed by atoms with Gasteiger partial charge in [-0.15, -0.1) is 4.83 Å². The predicted octanol–water partition coefficient (Wildman–Crippen LogP) is 0.560. The topological polar surface area (TPSA) is 131 Å². The molecule has 10 heteroatoms. The van der Waals surface area contributed by atoms with E-state index >= 15 is 0 Å². The Balaban J connectivity index is 2.25. The van der Waals surface area contributed by atoms with Crippen LogP contribution in [0.25, 0.3) is 0 Å². The van der Waals surface area contributed by atoms with Gasteiger partial charge in [-0.2, -0.15) is 0 Å². The smallest absolute Gasteiger partial charge is 0.293 e. The number of piperidine rings is 1. The summed E-state index contributed by atoms with van der Waals surface area (Å²) in [5.74, 6) is 5.20. The molecule has 0 amide bonds. The second kappa shape index (κ2) is 6.35. The third kappa shape index (κ3) is 3.67. The summed E-state index contributed by atoms with van der Waals surface area (Å²) in [6, 6.07) is 3.44. The van der Waals surface area contributed by atoms with Crippen LogP contribution in [0.2, 0.25) is 0 Å². The predicted molar refractivity (Wildman–Crippen MR) is 76.7 cm³/mol. The summed E-state index contributed by atoms with van der Waals surface area (Å²) < 4.78 is 24.5. The Hall–Kier alpha value is -1.75. The van der Waals surface area contributed by atoms with E-state index in [1.54, 1.807) is 5.01 Å². The van der Waals surface area contributed by atoms with Gasteiger partial charge in [0, 0.05) is 19.2 Å². The quantitative estimate of drug-likeness (QED) is 0.411. The standard InChI is InChI=1S/C11H17N5O4S/c12-13-10-8-9(4-5-11(10)16(17)18)21(19,20)14-15-6-2-1-3-7-15/h4-5,8,13-14H,1-3,6-7,12H2. The van der Waals surface area contributed by atoms with Crippen LogP contribution >= 0.6 is 0 Å². The average molecular weight is 315 g/mol. The fraction of sp³-hybridized carbons (Fsp3) is 0.455. The molecule has 1 aromatic rings. The molecule has 0 saturated carbocycles. The fourth-order valence-corrected chi connectivity index (χ4v) is 3.31. The third-order valence-electron chi connectivity index (χ3n) is 3.24. The molecule has 1 heterocycles. The maximum atomic E-state index is 12.3. The molecule has 0 unspecified atom stereocenters. The first kappa shape index (κ1) is 15.6. The zero-order valence-corrected chi connectivity index (χ0v) is 12.1. The van der Waals surface area contributed by atoms with Crippen molar-refractivity contribution in [2.75, 3.05) is 18.5 Å². The van der Waals surface area contributed by atoms with Gasteiger partial charge in [0.2, 0.25) is 0 Å². The van der Waals surface area contributed by atoms with Gasteiger partial charge in [0.05, 0.1) is 9.82 Å². The molecule has 1 saturated heterocycles. The number of nitrogen functional groups attached to an aromatic ring is 1. The lowest BCUT2D eigenvalue weighted by Gasteiger charge is -2.26. The summed E-state index contributed by atoms with van der Waals surface area (Å²) >= 11 is 0. The largest absolute Gasteiger partial charge is 0.318 e. The number of nitrogens with one attached hydrogen (secondary N) is 2. The molecule has 116 valence electrons. The summed E-state index contributed by atoms with van der Waals surface area (Å²) in [5.41, 5.74) is 1.81. The number of nitrogens with zero attached hydrogens (tertiary/aromatic N) is 2. The Morgan fingerprint density at radius 3 is 2.48 bits per heavy atom. The molecule has 21 heavy (non-hydrogen) atoms. The van der Waals surface area contributed by atoms with Crippen molar-refractivity contribution < 1.29 is 13.3 Å². The van der Waals surface area contributed by atoms with Crippen molar-refractivity contribution in [3.63, 3.8) is 0 Å². The second-order valence-corrected chi connectivity index (χ2v) is 6.38. The summed E-state index contributed by atoms with van der Waals surface area (Å²) in [6.45, 7) is 1.29. The van der Waals surface area contributed by atoms with Crippen molar-refractivity contribution in [2.24, 2.45) is 5.84 Å². The first-order valence-corrected chi connectivity index (χ1v) is 7.95. The maximum absolute atomic E-state index is 12.3. The first-order chi connectivity index (χ1) is 9.94. The number of hydrogen-bond donors (Lipinski definition) is 3. The number of nitro groups is 1. The lowest BCUT2D eigenvalue weighted by molar-refractivity contribution is -0.384. The van der Waals surface area contributed by atoms with Gasteiger partial charge in [-0.05, 0) is 25.0 Å². The molecule has 4 N–H and O–H groups in total. The van der Waals surface area contributed by atoms with E-state index in [1.165, 1.54) is 6.07 Å². The average Bonchev–Trinajstić information content (AvgIpc) is 2.47. The van der Waals surface area contributed by atoms with Crippen LogP contribution in [0.1, 0.15) is 19.3 Å². The van der Waals surface area contributed by atoms with Gasteiger partial charge in [-0.25, -0.2) is 13.4 Å². The molecule has 0 aromatic heterocycles. The number of hydrazine groups is 2. The monoisotopic (exact) mass is 315 g/mol. The number of sulfonamides is 1. The Bertz CT molecular complexity index is 628. The normalized spacial score (nSPS) is 16.6. The van der Waals surface area contributed by atoms with E-state index in [0.29, 0.717) is 13.1 Å². The van der Waals surface area contributed by atoms with E-state index in [9.17, 15) is 18.5 Å². The number of benzene rings is 1. The van der Waals surface area contributed by atoms with E-state index in [0.717, 1.165) is 31.4 Å². The molecule has 0 aliphatic carbocycles. The summed E-state index contributed by atoms with van der Waals surface area (Å²) in [4.78, 5) is 12.6. The molecular weight excluding hydrogens is 298 g/mol. The van der Waals surface area contributed by atoms with Crippen LogP contribution in [0.5, 0.6) is 0 Å². The van der Waals surface area contributed by atoms with Crippen molar-refractivity contribution in [1.82, 2.24) is 9.84 Å². The Morgan fingerprint density at radius 1 is 1.24 bits per heavy atom. The number of nitrogens with two attached hydrogens (primary N) is 1. The Labute approximate surface area is 122 Å². The van der Waals surface area contributed by atoms with Crippen LogP contribution in [-0.4, -0.2) is 31.4 Å². The molecule has 0 spiro atoms. The zero-order chi connectivity index (χ0) is 15.5. The van der Waals surface area contributed by atoms with Crippen molar-refractivity contribution in [3.05, 3.63) is 28.3 Å². The minimum absolute atomic E-state index is 0.0541. The number of hydrogen-bond acceptors (Lipinski definition) is 7. The van der Waals surface area contributed by atoms with Gasteiger partial charge in [0.15, 0.2) is 0 Å². The Kier molecular flexibility index (Phi) is 4.73. The lowest BCUT2D eigenvalue weighted by atomic mass is 10.2. The Morgan fingerprint density at radius 2 is 1.90 bits per heavy atom. The van der Waals surface area contributed by atoms with Crippen LogP contribution in [0.4, 0.5) is 11.4 Å². The van der Waals surface area contributed by atoms with Crippen molar-refractivity contribution in [1.29, 1.82) is 0 Å². The zero-order valence-electron chi connectivity index (χ0n) is 11.3. The highest BCUT2D eigenvalue weighted by molar-refractivity contribution is 7.89. The number of nitro benzene ring substituents is 1. The van der Waals surface area contributed by atoms with Crippen LogP contribution in [0.15, 0.2) is 23.1 Å². The molecule has 1 fully saturated rings. The van der Waals surface area contributed by atoms with Crippen LogP contribution in [0.3, 0.4) is 0 Å². The first-order valence-electron chi connectivity index (χ1n) is 6.46.